The molecule has 0 bridgehead atoms. The molecule has 0 radical (unpaired) electrons. The van der Waals surface area contributed by atoms with E-state index in [1.54, 1.807) is 0 Å². The predicted octanol–water partition coefficient (Wildman–Crippen LogP) is 2.04. The maximum absolute atomic E-state index is 11.6. The Kier molecular flexibility index (Phi) is 2.21. The van der Waals surface area contributed by atoms with Crippen molar-refractivity contribution in [3.63, 3.8) is 0 Å². The summed E-state index contributed by atoms with van der Waals surface area (Å²) in [4.78, 5) is 11.6. The number of rotatable bonds is 0. The van der Waals surface area contributed by atoms with Crippen molar-refractivity contribution in [3.05, 3.63) is 29.8 Å². The molecule has 0 aliphatic carbocycles. The number of Topliss-reactive ketones (excluding diaryl/α,β-unsaturated/α-hetero) is 1. The van der Waals surface area contributed by atoms with Gasteiger partial charge in [-0.1, -0.05) is 18.2 Å². The van der Waals surface area contributed by atoms with Crippen molar-refractivity contribution < 1.29 is 14.3 Å². The molecule has 3 rings (SSSR count). The van der Waals surface area contributed by atoms with Crippen molar-refractivity contribution in [2.75, 3.05) is 13.2 Å². The van der Waals surface area contributed by atoms with E-state index in [2.05, 4.69) is 0 Å². The second-order valence-corrected chi connectivity index (χ2v) is 4.40. The first-order chi connectivity index (χ1) is 7.80. The summed E-state index contributed by atoms with van der Waals surface area (Å²) >= 11 is 0. The molecule has 1 unspecified atom stereocenters. The predicted molar refractivity (Wildman–Crippen MR) is 58.4 cm³/mol. The Bertz CT molecular complexity index is 427. The molecule has 1 spiro atoms. The molecule has 2 heterocycles. The SMILES string of the molecule is O=C1CCOC2(CCOc3ccccc32)C1. The molecule has 1 aromatic carbocycles. The molecular weight excluding hydrogens is 204 g/mol. The molecule has 84 valence electrons. The second-order valence-electron chi connectivity index (χ2n) is 4.40. The Labute approximate surface area is 94.4 Å². The van der Waals surface area contributed by atoms with Gasteiger partial charge in [0, 0.05) is 24.8 Å². The summed E-state index contributed by atoms with van der Waals surface area (Å²) in [6, 6.07) is 7.87. The van der Waals surface area contributed by atoms with Crippen molar-refractivity contribution in [2.45, 2.75) is 24.9 Å². The van der Waals surface area contributed by atoms with Gasteiger partial charge in [0.1, 0.15) is 17.1 Å². The molecule has 16 heavy (non-hydrogen) atoms. The van der Waals surface area contributed by atoms with Crippen molar-refractivity contribution in [1.82, 2.24) is 0 Å². The number of fused-ring (bicyclic) bond motifs is 2. The third-order valence-electron chi connectivity index (χ3n) is 3.38. The van der Waals surface area contributed by atoms with Gasteiger partial charge in [0.05, 0.1) is 13.2 Å². The van der Waals surface area contributed by atoms with Crippen LogP contribution >= 0.6 is 0 Å². The Morgan fingerprint density at radius 1 is 1.19 bits per heavy atom. The van der Waals surface area contributed by atoms with Gasteiger partial charge in [-0.3, -0.25) is 4.79 Å². The first-order valence-electron chi connectivity index (χ1n) is 5.68. The highest BCUT2D eigenvalue weighted by Gasteiger charge is 2.42. The summed E-state index contributed by atoms with van der Waals surface area (Å²) in [6.07, 6.45) is 1.81. The summed E-state index contributed by atoms with van der Waals surface area (Å²) in [6.45, 7) is 1.16. The van der Waals surface area contributed by atoms with Crippen LogP contribution in [0.2, 0.25) is 0 Å². The summed E-state index contributed by atoms with van der Waals surface area (Å²) in [5.74, 6) is 1.16. The zero-order chi connectivity index (χ0) is 11.0. The van der Waals surface area contributed by atoms with Crippen LogP contribution in [0, 0.1) is 0 Å². The number of ether oxygens (including phenoxy) is 2. The number of para-hydroxylation sites is 1. The molecule has 0 amide bonds. The molecule has 2 aliphatic rings. The average Bonchev–Trinajstić information content (AvgIpc) is 2.30. The van der Waals surface area contributed by atoms with Crippen LogP contribution in [0.3, 0.4) is 0 Å². The van der Waals surface area contributed by atoms with E-state index in [0.717, 1.165) is 17.7 Å². The van der Waals surface area contributed by atoms with E-state index in [0.29, 0.717) is 31.8 Å². The summed E-state index contributed by atoms with van der Waals surface area (Å²) in [5.41, 5.74) is 0.624. The zero-order valence-corrected chi connectivity index (χ0v) is 9.07. The fraction of sp³-hybridized carbons (Fsp3) is 0.462. The first-order valence-corrected chi connectivity index (χ1v) is 5.68. The monoisotopic (exact) mass is 218 g/mol. The minimum absolute atomic E-state index is 0.294. The largest absolute Gasteiger partial charge is 0.493 e. The normalized spacial score (nSPS) is 28.6. The van der Waals surface area contributed by atoms with Gasteiger partial charge in [0.15, 0.2) is 0 Å². The molecule has 0 N–H and O–H groups in total. The molecule has 0 aromatic heterocycles. The van der Waals surface area contributed by atoms with Crippen molar-refractivity contribution in [1.29, 1.82) is 0 Å². The lowest BCUT2D eigenvalue weighted by atomic mass is 9.81. The van der Waals surface area contributed by atoms with Crippen LogP contribution in [0.25, 0.3) is 0 Å². The van der Waals surface area contributed by atoms with Crippen LogP contribution in [0.15, 0.2) is 24.3 Å². The molecule has 0 saturated carbocycles. The molecular formula is C13H14O3. The fourth-order valence-corrected chi connectivity index (χ4v) is 2.58. The third kappa shape index (κ3) is 1.43. The molecule has 1 fully saturated rings. The van der Waals surface area contributed by atoms with Crippen molar-refractivity contribution in [3.8, 4) is 5.75 Å². The van der Waals surface area contributed by atoms with Gasteiger partial charge in [-0.2, -0.15) is 0 Å². The second kappa shape index (κ2) is 3.59. The van der Waals surface area contributed by atoms with Gasteiger partial charge < -0.3 is 9.47 Å². The van der Waals surface area contributed by atoms with Crippen LogP contribution in [-0.4, -0.2) is 19.0 Å². The van der Waals surface area contributed by atoms with Crippen LogP contribution in [0.5, 0.6) is 5.75 Å². The minimum atomic E-state index is -0.413. The Balaban J connectivity index is 2.05. The van der Waals surface area contributed by atoms with Crippen LogP contribution in [0.4, 0.5) is 0 Å². The number of hydrogen-bond acceptors (Lipinski definition) is 3. The smallest absolute Gasteiger partial charge is 0.138 e. The maximum Gasteiger partial charge on any atom is 0.138 e. The quantitative estimate of drug-likeness (QED) is 0.668. The number of carbonyl (C=O) groups is 1. The van der Waals surface area contributed by atoms with E-state index in [4.69, 9.17) is 9.47 Å². The number of carbonyl (C=O) groups excluding carboxylic acids is 1. The van der Waals surface area contributed by atoms with E-state index in [1.165, 1.54) is 0 Å². The van der Waals surface area contributed by atoms with E-state index >= 15 is 0 Å². The van der Waals surface area contributed by atoms with Gasteiger partial charge >= 0.3 is 0 Å². The van der Waals surface area contributed by atoms with Crippen LogP contribution < -0.4 is 4.74 Å². The topological polar surface area (TPSA) is 35.5 Å². The van der Waals surface area contributed by atoms with E-state index in [1.807, 2.05) is 24.3 Å². The third-order valence-corrected chi connectivity index (χ3v) is 3.38. The lowest BCUT2D eigenvalue weighted by molar-refractivity contribution is -0.146. The van der Waals surface area contributed by atoms with Gasteiger partial charge in [-0.05, 0) is 6.07 Å². The molecule has 1 aromatic rings. The number of hydrogen-bond donors (Lipinski definition) is 0. The first kappa shape index (κ1) is 9.85. The average molecular weight is 218 g/mol. The van der Waals surface area contributed by atoms with Crippen LogP contribution in [0.1, 0.15) is 24.8 Å². The maximum atomic E-state index is 11.6. The Morgan fingerprint density at radius 2 is 2.06 bits per heavy atom. The van der Waals surface area contributed by atoms with Gasteiger partial charge in [-0.25, -0.2) is 0 Å². The number of ketones is 1. The fourth-order valence-electron chi connectivity index (χ4n) is 2.58. The molecule has 1 saturated heterocycles. The molecule has 2 aliphatic heterocycles. The van der Waals surface area contributed by atoms with Gasteiger partial charge in [0.2, 0.25) is 0 Å². The van der Waals surface area contributed by atoms with E-state index in [-0.39, 0.29) is 0 Å². The summed E-state index contributed by atoms with van der Waals surface area (Å²) in [5, 5.41) is 0. The van der Waals surface area contributed by atoms with Gasteiger partial charge in [-0.15, -0.1) is 0 Å². The highest BCUT2D eigenvalue weighted by atomic mass is 16.5. The van der Waals surface area contributed by atoms with Crippen molar-refractivity contribution >= 4 is 5.78 Å². The van der Waals surface area contributed by atoms with Gasteiger partial charge in [0.25, 0.3) is 0 Å². The lowest BCUT2D eigenvalue weighted by Crippen LogP contribution is -2.41. The highest BCUT2D eigenvalue weighted by molar-refractivity contribution is 5.80. The standard InChI is InChI=1S/C13H14O3/c14-10-5-7-16-13(9-10)6-8-15-12-4-2-1-3-11(12)13/h1-4H,5-9H2. The summed E-state index contributed by atoms with van der Waals surface area (Å²) < 4.78 is 11.5. The highest BCUT2D eigenvalue weighted by Crippen LogP contribution is 2.44. The van der Waals surface area contributed by atoms with Crippen molar-refractivity contribution in [2.24, 2.45) is 0 Å². The molecule has 3 heteroatoms. The van der Waals surface area contributed by atoms with E-state index < -0.39 is 5.60 Å². The lowest BCUT2D eigenvalue weighted by Gasteiger charge is -2.40. The number of benzene rings is 1. The van der Waals surface area contributed by atoms with Crippen LogP contribution in [-0.2, 0) is 15.1 Å². The Hall–Kier alpha value is -1.35. The minimum Gasteiger partial charge on any atom is -0.493 e. The summed E-state index contributed by atoms with van der Waals surface area (Å²) in [7, 11) is 0. The van der Waals surface area contributed by atoms with E-state index in [9.17, 15) is 4.79 Å². The zero-order valence-electron chi connectivity index (χ0n) is 9.07. The Morgan fingerprint density at radius 3 is 2.94 bits per heavy atom. The molecule has 3 nitrogen and oxygen atoms in total. The molecule has 1 atom stereocenters.